The fraction of sp³-hybridized carbons (Fsp3) is 0.714. The molecule has 0 aliphatic carbocycles. The maximum absolute atomic E-state index is 10.8. The van der Waals surface area contributed by atoms with Crippen LogP contribution in [0, 0.1) is 0 Å². The molecular weight excluding hydrogens is 274 g/mol. The number of aryl methyl sites for hydroxylation is 1. The van der Waals surface area contributed by atoms with Gasteiger partial charge < -0.3 is 10.1 Å². The van der Waals surface area contributed by atoms with Crippen molar-refractivity contribution < 1.29 is 9.90 Å². The van der Waals surface area contributed by atoms with E-state index in [1.165, 1.54) is 31.0 Å². The van der Waals surface area contributed by atoms with Crippen LogP contribution in [-0.2, 0) is 11.2 Å². The summed E-state index contributed by atoms with van der Waals surface area (Å²) in [6.07, 6.45) is 6.38. The molecule has 1 aliphatic rings. The smallest absolute Gasteiger partial charge is 0.313 e. The standard InChI is InChI=1S/C14H23N3O2S/c1-4-12-8-15-14(20-9-13(18)19)17(12)16-10(2)6-5-7-11(16)3/h8,10-11H,4-7,9H2,1-3H3,(H,18,19). The van der Waals surface area contributed by atoms with Gasteiger partial charge in [0.05, 0.1) is 17.6 Å². The second-order valence-corrected chi connectivity index (χ2v) is 6.33. The quantitative estimate of drug-likeness (QED) is 0.846. The molecule has 1 saturated heterocycles. The molecule has 1 aromatic rings. The largest absolute Gasteiger partial charge is 0.481 e. The molecule has 0 spiro atoms. The summed E-state index contributed by atoms with van der Waals surface area (Å²) in [5.74, 6) is -0.751. The van der Waals surface area contributed by atoms with Gasteiger partial charge in [-0.25, -0.2) is 9.66 Å². The SMILES string of the molecule is CCc1cnc(SCC(=O)O)n1N1C(C)CCCC1C. The normalized spacial score (nSPS) is 23.1. The van der Waals surface area contributed by atoms with Crippen LogP contribution in [0.2, 0.25) is 0 Å². The molecule has 1 aliphatic heterocycles. The lowest BCUT2D eigenvalue weighted by molar-refractivity contribution is -0.133. The minimum absolute atomic E-state index is 0.0524. The molecule has 1 fully saturated rings. The predicted molar refractivity (Wildman–Crippen MR) is 81.0 cm³/mol. The van der Waals surface area contributed by atoms with E-state index in [9.17, 15) is 4.79 Å². The van der Waals surface area contributed by atoms with Gasteiger partial charge in [0.1, 0.15) is 0 Å². The Kier molecular flexibility index (Phi) is 4.96. The van der Waals surface area contributed by atoms with E-state index in [1.54, 1.807) is 0 Å². The molecule has 6 heteroatoms. The molecular formula is C14H23N3O2S. The molecule has 0 radical (unpaired) electrons. The van der Waals surface area contributed by atoms with E-state index in [0.717, 1.165) is 17.3 Å². The van der Waals surface area contributed by atoms with Gasteiger partial charge >= 0.3 is 5.97 Å². The molecule has 20 heavy (non-hydrogen) atoms. The van der Waals surface area contributed by atoms with Crippen molar-refractivity contribution in [2.75, 3.05) is 10.8 Å². The Morgan fingerprint density at radius 2 is 2.10 bits per heavy atom. The third-order valence-corrected chi connectivity index (χ3v) is 4.77. The molecule has 5 nitrogen and oxygen atoms in total. The highest BCUT2D eigenvalue weighted by Crippen LogP contribution is 2.27. The first-order chi connectivity index (χ1) is 9.54. The van der Waals surface area contributed by atoms with E-state index in [4.69, 9.17) is 5.11 Å². The van der Waals surface area contributed by atoms with Crippen LogP contribution in [0.4, 0.5) is 0 Å². The number of carboxylic acids is 1. The summed E-state index contributed by atoms with van der Waals surface area (Å²) < 4.78 is 2.15. The highest BCUT2D eigenvalue weighted by Gasteiger charge is 2.28. The van der Waals surface area contributed by atoms with Crippen molar-refractivity contribution in [1.82, 2.24) is 9.66 Å². The molecule has 112 valence electrons. The summed E-state index contributed by atoms with van der Waals surface area (Å²) in [6.45, 7) is 6.58. The third-order valence-electron chi connectivity index (χ3n) is 3.84. The summed E-state index contributed by atoms with van der Waals surface area (Å²) in [5, 5.41) is 12.0. The van der Waals surface area contributed by atoms with E-state index in [-0.39, 0.29) is 5.75 Å². The van der Waals surface area contributed by atoms with Crippen LogP contribution >= 0.6 is 11.8 Å². The molecule has 0 saturated carbocycles. The molecule has 0 amide bonds. The van der Waals surface area contributed by atoms with Gasteiger partial charge in [0.15, 0.2) is 5.16 Å². The Labute approximate surface area is 124 Å². The van der Waals surface area contributed by atoms with Gasteiger partial charge in [-0.15, -0.1) is 0 Å². The van der Waals surface area contributed by atoms with Crippen molar-refractivity contribution in [3.8, 4) is 0 Å². The first-order valence-corrected chi connectivity index (χ1v) is 8.23. The highest BCUT2D eigenvalue weighted by atomic mass is 32.2. The van der Waals surface area contributed by atoms with Crippen LogP contribution in [-0.4, -0.2) is 38.6 Å². The topological polar surface area (TPSA) is 58.4 Å². The van der Waals surface area contributed by atoms with E-state index >= 15 is 0 Å². The number of carboxylic acid groups (broad SMARTS) is 1. The number of aliphatic carboxylic acids is 1. The lowest BCUT2D eigenvalue weighted by Crippen LogP contribution is -2.51. The average molecular weight is 297 g/mol. The number of hydrogen-bond acceptors (Lipinski definition) is 4. The van der Waals surface area contributed by atoms with Crippen LogP contribution in [0.3, 0.4) is 0 Å². The summed E-state index contributed by atoms with van der Waals surface area (Å²) in [6, 6.07) is 0.921. The van der Waals surface area contributed by atoms with Gasteiger partial charge in [0.2, 0.25) is 0 Å². The Bertz CT molecular complexity index is 465. The van der Waals surface area contributed by atoms with Crippen molar-refractivity contribution in [3.05, 3.63) is 11.9 Å². The number of thioether (sulfide) groups is 1. The van der Waals surface area contributed by atoms with Gasteiger partial charge in [0, 0.05) is 12.1 Å². The molecule has 1 N–H and O–H groups in total. The summed E-state index contributed by atoms with van der Waals surface area (Å²) in [4.78, 5) is 15.2. The highest BCUT2D eigenvalue weighted by molar-refractivity contribution is 7.99. The van der Waals surface area contributed by atoms with Crippen molar-refractivity contribution in [1.29, 1.82) is 0 Å². The fourth-order valence-corrected chi connectivity index (χ4v) is 3.59. The van der Waals surface area contributed by atoms with Crippen LogP contribution in [0.15, 0.2) is 11.4 Å². The maximum Gasteiger partial charge on any atom is 0.313 e. The number of hydrogen-bond donors (Lipinski definition) is 1. The summed E-state index contributed by atoms with van der Waals surface area (Å²) >= 11 is 1.30. The van der Waals surface area contributed by atoms with Gasteiger partial charge in [-0.05, 0) is 39.5 Å². The number of nitrogens with zero attached hydrogens (tertiary/aromatic N) is 3. The summed E-state index contributed by atoms with van der Waals surface area (Å²) in [5.41, 5.74) is 1.15. The first-order valence-electron chi connectivity index (χ1n) is 7.24. The lowest BCUT2D eigenvalue weighted by Gasteiger charge is -2.42. The van der Waals surface area contributed by atoms with Gasteiger partial charge in [-0.1, -0.05) is 18.7 Å². The zero-order valence-corrected chi connectivity index (χ0v) is 13.2. The molecule has 2 atom stereocenters. The Balaban J connectivity index is 2.31. The molecule has 0 bridgehead atoms. The van der Waals surface area contributed by atoms with Crippen molar-refractivity contribution in [2.24, 2.45) is 0 Å². The zero-order valence-electron chi connectivity index (χ0n) is 12.4. The average Bonchev–Trinajstić information content (AvgIpc) is 2.79. The monoisotopic (exact) mass is 297 g/mol. The minimum atomic E-state index is -0.803. The second kappa shape index (κ2) is 6.52. The second-order valence-electron chi connectivity index (χ2n) is 5.39. The van der Waals surface area contributed by atoms with E-state index in [0.29, 0.717) is 12.1 Å². The Hall–Kier alpha value is -1.17. The van der Waals surface area contributed by atoms with Crippen molar-refractivity contribution in [3.63, 3.8) is 0 Å². The molecule has 1 aromatic heterocycles. The van der Waals surface area contributed by atoms with Crippen LogP contribution < -0.4 is 5.01 Å². The zero-order chi connectivity index (χ0) is 14.7. The number of piperidine rings is 1. The molecule has 2 heterocycles. The predicted octanol–water partition coefficient (Wildman–Crippen LogP) is 2.52. The van der Waals surface area contributed by atoms with Gasteiger partial charge in [-0.2, -0.15) is 0 Å². The minimum Gasteiger partial charge on any atom is -0.481 e. The summed E-state index contributed by atoms with van der Waals surface area (Å²) in [7, 11) is 0. The third kappa shape index (κ3) is 3.11. The molecule has 0 aromatic carbocycles. The Morgan fingerprint density at radius 3 is 2.65 bits per heavy atom. The van der Waals surface area contributed by atoms with Crippen LogP contribution in [0.5, 0.6) is 0 Å². The molecule has 2 rings (SSSR count). The van der Waals surface area contributed by atoms with Gasteiger partial charge in [-0.3, -0.25) is 4.79 Å². The number of carbonyl (C=O) groups is 1. The maximum atomic E-state index is 10.8. The van der Waals surface area contributed by atoms with E-state index in [1.807, 2.05) is 6.20 Å². The van der Waals surface area contributed by atoms with Crippen molar-refractivity contribution in [2.45, 2.75) is 63.7 Å². The first kappa shape index (κ1) is 15.2. The molecule has 2 unspecified atom stereocenters. The van der Waals surface area contributed by atoms with Crippen LogP contribution in [0.25, 0.3) is 0 Å². The Morgan fingerprint density at radius 1 is 1.45 bits per heavy atom. The number of aromatic nitrogens is 2. The number of imidazole rings is 1. The number of rotatable bonds is 5. The van der Waals surface area contributed by atoms with E-state index in [2.05, 4.69) is 35.4 Å². The van der Waals surface area contributed by atoms with E-state index < -0.39 is 5.97 Å². The lowest BCUT2D eigenvalue weighted by atomic mass is 10.00. The van der Waals surface area contributed by atoms with Crippen LogP contribution in [0.1, 0.15) is 45.7 Å². The fourth-order valence-electron chi connectivity index (χ4n) is 2.88. The van der Waals surface area contributed by atoms with Crippen molar-refractivity contribution >= 4 is 17.7 Å². The van der Waals surface area contributed by atoms with Gasteiger partial charge in [0.25, 0.3) is 0 Å².